The van der Waals surface area contributed by atoms with Gasteiger partial charge in [0.15, 0.2) is 0 Å². The van der Waals surface area contributed by atoms with Gasteiger partial charge in [0.05, 0.1) is 11.4 Å². The van der Waals surface area contributed by atoms with Gasteiger partial charge in [0.25, 0.3) is 5.91 Å². The Hall–Kier alpha value is -4.02. The van der Waals surface area contributed by atoms with Crippen molar-refractivity contribution in [3.63, 3.8) is 0 Å². The average molecular weight is 472 g/mol. The number of anilines is 2. The Bertz CT molecular complexity index is 1180. The van der Waals surface area contributed by atoms with E-state index < -0.39 is 48.0 Å². The first-order chi connectivity index (χ1) is 15.9. The second-order valence-electron chi connectivity index (χ2n) is 8.61. The number of rotatable bonds is 5. The molecule has 5 amide bonds. The minimum Gasteiger partial charge on any atom is -0.435 e. The van der Waals surface area contributed by atoms with Gasteiger partial charge in [0.2, 0.25) is 11.8 Å². The van der Waals surface area contributed by atoms with E-state index in [4.69, 9.17) is 0 Å². The summed E-state index contributed by atoms with van der Waals surface area (Å²) in [5.41, 5.74) is -1.58. The summed E-state index contributed by atoms with van der Waals surface area (Å²) in [5, 5.41) is 5.31. The zero-order valence-electron chi connectivity index (χ0n) is 18.6. The smallest absolute Gasteiger partial charge is 0.387 e. The van der Waals surface area contributed by atoms with Gasteiger partial charge in [-0.1, -0.05) is 24.3 Å². The van der Waals surface area contributed by atoms with E-state index in [0.29, 0.717) is 16.9 Å². The van der Waals surface area contributed by atoms with Gasteiger partial charge in [-0.2, -0.15) is 8.78 Å². The molecule has 1 saturated heterocycles. The molecule has 34 heavy (non-hydrogen) atoms. The molecule has 4 rings (SSSR count). The zero-order chi connectivity index (χ0) is 24.8. The average Bonchev–Trinajstić information content (AvgIpc) is 2.98. The third kappa shape index (κ3) is 3.72. The van der Waals surface area contributed by atoms with Crippen LogP contribution in [0.1, 0.15) is 26.3 Å². The van der Waals surface area contributed by atoms with Crippen LogP contribution in [-0.4, -0.2) is 47.3 Å². The predicted molar refractivity (Wildman–Crippen MR) is 117 cm³/mol. The first-order valence-corrected chi connectivity index (χ1v) is 10.4. The quantitative estimate of drug-likeness (QED) is 0.651. The van der Waals surface area contributed by atoms with Gasteiger partial charge >= 0.3 is 12.6 Å². The van der Waals surface area contributed by atoms with Crippen LogP contribution in [0.5, 0.6) is 5.75 Å². The molecule has 11 heteroatoms. The van der Waals surface area contributed by atoms with E-state index in [1.165, 1.54) is 36.1 Å². The SMILES string of the molecule is CC1(C)C(=O)Nc2ccccc2N1C(=O)CN1C(=O)N[C@@](C)(c2ccc(OC(F)F)cc2)C1=O. The van der Waals surface area contributed by atoms with Crippen LogP contribution in [0.3, 0.4) is 0 Å². The van der Waals surface area contributed by atoms with Gasteiger partial charge in [-0.15, -0.1) is 0 Å². The van der Waals surface area contributed by atoms with Crippen molar-refractivity contribution >= 4 is 35.1 Å². The number of halogens is 2. The summed E-state index contributed by atoms with van der Waals surface area (Å²) < 4.78 is 29.1. The van der Waals surface area contributed by atoms with E-state index in [9.17, 15) is 28.0 Å². The molecule has 1 atom stereocenters. The molecule has 2 aromatic rings. The van der Waals surface area contributed by atoms with E-state index in [2.05, 4.69) is 15.4 Å². The molecule has 2 aliphatic rings. The molecule has 0 aromatic heterocycles. The number of fused-ring (bicyclic) bond motifs is 1. The Morgan fingerprint density at radius 3 is 2.32 bits per heavy atom. The summed E-state index contributed by atoms with van der Waals surface area (Å²) in [6.07, 6.45) is 0. The fourth-order valence-corrected chi connectivity index (χ4v) is 4.11. The number of ether oxygens (including phenoxy) is 1. The highest BCUT2D eigenvalue weighted by atomic mass is 19.3. The maximum Gasteiger partial charge on any atom is 0.387 e. The molecule has 2 aliphatic heterocycles. The van der Waals surface area contributed by atoms with Gasteiger partial charge in [-0.3, -0.25) is 24.2 Å². The van der Waals surface area contributed by atoms with Crippen LogP contribution in [0.25, 0.3) is 0 Å². The molecule has 2 aromatic carbocycles. The molecule has 9 nitrogen and oxygen atoms in total. The maximum absolute atomic E-state index is 13.3. The van der Waals surface area contributed by atoms with Crippen molar-refractivity contribution in [3.05, 3.63) is 54.1 Å². The highest BCUT2D eigenvalue weighted by molar-refractivity contribution is 6.16. The molecule has 0 aliphatic carbocycles. The number of nitrogens with one attached hydrogen (secondary N) is 2. The topological polar surface area (TPSA) is 108 Å². The molecule has 1 fully saturated rings. The number of alkyl halides is 2. The van der Waals surface area contributed by atoms with Crippen molar-refractivity contribution in [1.29, 1.82) is 0 Å². The number of carbonyl (C=O) groups is 4. The number of hydrogen-bond acceptors (Lipinski definition) is 5. The van der Waals surface area contributed by atoms with Crippen LogP contribution >= 0.6 is 0 Å². The highest BCUT2D eigenvalue weighted by Gasteiger charge is 2.51. The maximum atomic E-state index is 13.3. The summed E-state index contributed by atoms with van der Waals surface area (Å²) in [7, 11) is 0. The Kier molecular flexibility index (Phi) is 5.50. The van der Waals surface area contributed by atoms with Gasteiger partial charge in [-0.05, 0) is 50.6 Å². The number of amides is 5. The first-order valence-electron chi connectivity index (χ1n) is 10.4. The molecule has 0 saturated carbocycles. The van der Waals surface area contributed by atoms with Crippen molar-refractivity contribution < 1.29 is 32.7 Å². The number of urea groups is 1. The summed E-state index contributed by atoms with van der Waals surface area (Å²) in [6, 6.07) is 11.2. The van der Waals surface area contributed by atoms with Crippen molar-refractivity contribution in [2.24, 2.45) is 0 Å². The van der Waals surface area contributed by atoms with Crippen LogP contribution < -0.4 is 20.3 Å². The Labute approximate surface area is 193 Å². The lowest BCUT2D eigenvalue weighted by Gasteiger charge is -2.42. The van der Waals surface area contributed by atoms with E-state index in [1.54, 1.807) is 38.1 Å². The molecule has 0 radical (unpaired) electrons. The molecular weight excluding hydrogens is 450 g/mol. The number of hydrogen-bond donors (Lipinski definition) is 2. The van der Waals surface area contributed by atoms with Crippen LogP contribution in [0.2, 0.25) is 0 Å². The normalized spacial score (nSPS) is 21.3. The lowest BCUT2D eigenvalue weighted by Crippen LogP contribution is -2.60. The third-order valence-electron chi connectivity index (χ3n) is 5.98. The van der Waals surface area contributed by atoms with Gasteiger partial charge in [-0.25, -0.2) is 4.79 Å². The van der Waals surface area contributed by atoms with Crippen LogP contribution in [0, 0.1) is 0 Å². The molecular formula is C23H22F2N4O5. The second kappa shape index (κ2) is 8.08. The summed E-state index contributed by atoms with van der Waals surface area (Å²) >= 11 is 0. The Balaban J connectivity index is 1.59. The summed E-state index contributed by atoms with van der Waals surface area (Å²) in [6.45, 7) is 0.985. The first kappa shape index (κ1) is 23.1. The van der Waals surface area contributed by atoms with Gasteiger partial charge in [0, 0.05) is 0 Å². The summed E-state index contributed by atoms with van der Waals surface area (Å²) in [5.74, 6) is -1.83. The zero-order valence-corrected chi connectivity index (χ0v) is 18.6. The Morgan fingerprint density at radius 2 is 1.68 bits per heavy atom. The van der Waals surface area contributed by atoms with Crippen molar-refractivity contribution in [2.75, 3.05) is 16.8 Å². The lowest BCUT2D eigenvalue weighted by molar-refractivity contribution is -0.134. The summed E-state index contributed by atoms with van der Waals surface area (Å²) in [4.78, 5) is 53.9. The van der Waals surface area contributed by atoms with E-state index in [0.717, 1.165) is 4.90 Å². The number of para-hydroxylation sites is 2. The van der Waals surface area contributed by atoms with E-state index >= 15 is 0 Å². The largest absolute Gasteiger partial charge is 0.435 e. The number of nitrogens with zero attached hydrogens (tertiary/aromatic N) is 2. The van der Waals surface area contributed by atoms with Crippen molar-refractivity contribution in [2.45, 2.75) is 38.5 Å². The standard InChI is InChI=1S/C23H22F2N4O5/c1-22(2)18(31)26-15-6-4-5-7-16(15)29(22)17(30)12-28-19(32)23(3,27-21(28)33)13-8-10-14(11-9-13)34-20(24)25/h4-11,20H,12H2,1-3H3,(H,26,31)(H,27,33)/t23-/m0/s1. The second-order valence-corrected chi connectivity index (χ2v) is 8.61. The fraction of sp³-hybridized carbons (Fsp3) is 0.304. The van der Waals surface area contributed by atoms with Gasteiger partial charge < -0.3 is 15.4 Å². The predicted octanol–water partition coefficient (Wildman–Crippen LogP) is 2.82. The lowest BCUT2D eigenvalue weighted by atomic mass is 9.92. The van der Waals surface area contributed by atoms with Crippen molar-refractivity contribution in [3.8, 4) is 5.75 Å². The Morgan fingerprint density at radius 1 is 1.03 bits per heavy atom. The molecule has 2 heterocycles. The van der Waals surface area contributed by atoms with Gasteiger partial charge in [0.1, 0.15) is 23.4 Å². The van der Waals surface area contributed by atoms with Crippen LogP contribution in [0.4, 0.5) is 25.0 Å². The molecule has 178 valence electrons. The monoisotopic (exact) mass is 472 g/mol. The molecule has 2 N–H and O–H groups in total. The third-order valence-corrected chi connectivity index (χ3v) is 5.98. The number of benzene rings is 2. The van der Waals surface area contributed by atoms with Crippen LogP contribution in [0.15, 0.2) is 48.5 Å². The van der Waals surface area contributed by atoms with Crippen molar-refractivity contribution in [1.82, 2.24) is 10.2 Å². The molecule has 0 unspecified atom stereocenters. The van der Waals surface area contributed by atoms with E-state index in [-0.39, 0.29) is 5.75 Å². The molecule has 0 spiro atoms. The minimum absolute atomic E-state index is 0.101. The number of carbonyl (C=O) groups excluding carboxylic acids is 4. The minimum atomic E-state index is -3.00. The number of imide groups is 1. The van der Waals surface area contributed by atoms with Crippen LogP contribution in [-0.2, 0) is 19.9 Å². The highest BCUT2D eigenvalue weighted by Crippen LogP contribution is 2.37. The molecule has 0 bridgehead atoms. The fourth-order valence-electron chi connectivity index (χ4n) is 4.11. The van der Waals surface area contributed by atoms with E-state index in [1.807, 2.05) is 0 Å².